The van der Waals surface area contributed by atoms with Gasteiger partial charge in [-0.05, 0) is 44.9 Å². The molecule has 0 amide bonds. The van der Waals surface area contributed by atoms with E-state index in [2.05, 4.69) is 38.2 Å². The topological polar surface area (TPSA) is 108 Å². The van der Waals surface area contributed by atoms with Gasteiger partial charge in [-0.3, -0.25) is 9.59 Å². The molecule has 1 N–H and O–H groups in total. The molecule has 0 aromatic rings. The van der Waals surface area contributed by atoms with Crippen LogP contribution in [0.5, 0.6) is 0 Å². The number of unbranched alkanes of at least 4 members (excludes halogenated alkanes) is 62. The number of esters is 2. The molecule has 2 atom stereocenters. The summed E-state index contributed by atoms with van der Waals surface area (Å²) in [6.45, 7) is 4.96. The summed E-state index contributed by atoms with van der Waals surface area (Å²) in [7, 11) is 6.00. The Labute approximate surface area is 592 Å². The number of likely N-dealkylation sites (N-methyl/N-ethyl adjacent to an activating group) is 1. The highest BCUT2D eigenvalue weighted by Crippen LogP contribution is 2.21. The minimum Gasteiger partial charge on any atom is -0.477 e. The molecule has 0 aliphatic heterocycles. The van der Waals surface area contributed by atoms with Gasteiger partial charge in [-0.25, -0.2) is 4.79 Å². The summed E-state index contributed by atoms with van der Waals surface area (Å²) >= 11 is 0. The standard InChI is InChI=1S/C86H165NO8/c1-6-8-10-12-14-16-18-20-22-24-26-28-30-32-34-36-37-38-39-40-41-42-43-44-45-46-47-49-50-52-54-56-58-60-62-64-66-68-70-72-74-76-83(88)93-80-82(81-94-86(85(90)91)92-79-78-87(3,4)5)95-84(89)77-75-73-71-69-67-65-63-61-59-57-55-53-51-48-35-33-31-29-27-25-23-21-19-17-15-13-11-9-7-2/h19,21,25,27,82,86H,6-18,20,22-24,26,28-81H2,1-5H3/p+1/b21-19-,27-25-. The first-order valence-corrected chi connectivity index (χ1v) is 42.5. The normalized spacial score (nSPS) is 12.6. The highest BCUT2D eigenvalue weighted by atomic mass is 16.7. The summed E-state index contributed by atoms with van der Waals surface area (Å²) in [5.74, 6) is -1.97. The lowest BCUT2D eigenvalue weighted by Gasteiger charge is -2.25. The van der Waals surface area contributed by atoms with E-state index in [0.717, 1.165) is 44.9 Å². The zero-order chi connectivity index (χ0) is 69.0. The first kappa shape index (κ1) is 92.8. The van der Waals surface area contributed by atoms with Gasteiger partial charge in [-0.1, -0.05) is 417 Å². The molecule has 0 bridgehead atoms. The van der Waals surface area contributed by atoms with E-state index in [-0.39, 0.29) is 38.2 Å². The maximum atomic E-state index is 13.0. The number of ether oxygens (including phenoxy) is 4. The van der Waals surface area contributed by atoms with Crippen molar-refractivity contribution in [3.05, 3.63) is 24.3 Å². The third-order valence-electron chi connectivity index (χ3n) is 19.7. The Bertz CT molecular complexity index is 1610. The van der Waals surface area contributed by atoms with Crippen LogP contribution in [-0.4, -0.2) is 87.4 Å². The second kappa shape index (κ2) is 77.5. The first-order chi connectivity index (χ1) is 46.6. The molecule has 9 heteroatoms. The molecule has 2 unspecified atom stereocenters. The smallest absolute Gasteiger partial charge is 0.361 e. The zero-order valence-corrected chi connectivity index (χ0v) is 64.6. The van der Waals surface area contributed by atoms with Gasteiger partial charge in [-0.2, -0.15) is 0 Å². The number of quaternary nitrogens is 1. The van der Waals surface area contributed by atoms with Crippen LogP contribution in [0, 0.1) is 0 Å². The van der Waals surface area contributed by atoms with Crippen LogP contribution in [0.25, 0.3) is 0 Å². The van der Waals surface area contributed by atoms with Gasteiger partial charge in [0.1, 0.15) is 13.2 Å². The molecule has 0 spiro atoms. The molecule has 0 aliphatic carbocycles. The molecule has 0 fully saturated rings. The predicted molar refractivity (Wildman–Crippen MR) is 411 cm³/mol. The fraction of sp³-hybridized carbons (Fsp3) is 0.919. The quantitative estimate of drug-likeness (QED) is 0.0211. The highest BCUT2D eigenvalue weighted by Gasteiger charge is 2.25. The van der Waals surface area contributed by atoms with Crippen molar-refractivity contribution in [2.45, 2.75) is 463 Å². The Hall–Kier alpha value is -2.23. The summed E-state index contributed by atoms with van der Waals surface area (Å²) in [5.41, 5.74) is 0. The minimum absolute atomic E-state index is 0.174. The second-order valence-corrected chi connectivity index (χ2v) is 30.5. The van der Waals surface area contributed by atoms with Crippen LogP contribution in [0.4, 0.5) is 0 Å². The van der Waals surface area contributed by atoms with E-state index in [9.17, 15) is 19.5 Å². The van der Waals surface area contributed by atoms with Gasteiger partial charge in [0.15, 0.2) is 6.10 Å². The molecule has 0 saturated carbocycles. The Morgan fingerprint density at radius 2 is 0.568 bits per heavy atom. The van der Waals surface area contributed by atoms with Crippen molar-refractivity contribution in [3.8, 4) is 0 Å². The van der Waals surface area contributed by atoms with Crippen LogP contribution in [0.1, 0.15) is 450 Å². The SMILES string of the molecule is CCCCCCC/C=C\C/C=C\CCCCCCCCCCCCCCCCCCCC(=O)OC(COC(=O)CCCCCCCCCCCCCCCCCCCCCCCCCCCCCCCCCCCCCCCCCCC)COC(OCC[N+](C)(C)C)C(=O)O. The van der Waals surface area contributed by atoms with E-state index in [1.165, 1.54) is 379 Å². The van der Waals surface area contributed by atoms with Crippen molar-refractivity contribution in [2.75, 3.05) is 47.5 Å². The number of rotatable bonds is 81. The van der Waals surface area contributed by atoms with Crippen molar-refractivity contribution >= 4 is 17.9 Å². The number of allylic oxidation sites excluding steroid dienone is 4. The highest BCUT2D eigenvalue weighted by molar-refractivity contribution is 5.71. The summed E-state index contributed by atoms with van der Waals surface area (Å²) in [6, 6.07) is 0. The Balaban J connectivity index is 3.89. The van der Waals surface area contributed by atoms with E-state index in [1.54, 1.807) is 0 Å². The average molecular weight is 1340 g/mol. The summed E-state index contributed by atoms with van der Waals surface area (Å²) in [6.07, 6.45) is 96.6. The third kappa shape index (κ3) is 79.0. The zero-order valence-electron chi connectivity index (χ0n) is 64.6. The molecule has 0 saturated heterocycles. The molecule has 0 aromatic heterocycles. The van der Waals surface area contributed by atoms with Gasteiger partial charge in [0.25, 0.3) is 6.29 Å². The van der Waals surface area contributed by atoms with Crippen LogP contribution in [0.2, 0.25) is 0 Å². The van der Waals surface area contributed by atoms with Gasteiger partial charge < -0.3 is 28.5 Å². The molecular weight excluding hydrogens is 1170 g/mol. The van der Waals surface area contributed by atoms with Gasteiger partial charge in [0, 0.05) is 12.8 Å². The summed E-state index contributed by atoms with van der Waals surface area (Å²) < 4.78 is 23.1. The largest absolute Gasteiger partial charge is 0.477 e. The van der Waals surface area contributed by atoms with E-state index in [1.807, 2.05) is 21.1 Å². The Morgan fingerprint density at radius 3 is 0.832 bits per heavy atom. The van der Waals surface area contributed by atoms with Crippen LogP contribution in [0.3, 0.4) is 0 Å². The fourth-order valence-electron chi connectivity index (χ4n) is 13.2. The fourth-order valence-corrected chi connectivity index (χ4v) is 13.2. The van der Waals surface area contributed by atoms with Crippen molar-refractivity contribution in [2.24, 2.45) is 0 Å². The van der Waals surface area contributed by atoms with Gasteiger partial charge in [-0.15, -0.1) is 0 Å². The molecule has 0 radical (unpaired) electrons. The van der Waals surface area contributed by atoms with E-state index in [0.29, 0.717) is 17.4 Å². The molecule has 562 valence electrons. The van der Waals surface area contributed by atoms with E-state index in [4.69, 9.17) is 18.9 Å². The lowest BCUT2D eigenvalue weighted by molar-refractivity contribution is -0.870. The first-order valence-electron chi connectivity index (χ1n) is 42.5. The van der Waals surface area contributed by atoms with Crippen molar-refractivity contribution < 1.29 is 42.9 Å². The average Bonchev–Trinajstić information content (AvgIpc) is 2.86. The lowest BCUT2D eigenvalue weighted by Crippen LogP contribution is -2.40. The van der Waals surface area contributed by atoms with Crippen molar-refractivity contribution in [1.82, 2.24) is 0 Å². The summed E-state index contributed by atoms with van der Waals surface area (Å²) in [4.78, 5) is 37.8. The van der Waals surface area contributed by atoms with Gasteiger partial charge in [0.05, 0.1) is 34.4 Å². The van der Waals surface area contributed by atoms with Crippen LogP contribution in [0.15, 0.2) is 24.3 Å². The number of hydrogen-bond donors (Lipinski definition) is 1. The minimum atomic E-state index is -1.51. The molecule has 0 rings (SSSR count). The van der Waals surface area contributed by atoms with E-state index < -0.39 is 18.4 Å². The van der Waals surface area contributed by atoms with Gasteiger partial charge in [0.2, 0.25) is 0 Å². The molecule has 9 nitrogen and oxygen atoms in total. The number of hydrogen-bond acceptors (Lipinski definition) is 7. The summed E-state index contributed by atoms with van der Waals surface area (Å²) in [5, 5.41) is 9.78. The number of carbonyl (C=O) groups is 3. The van der Waals surface area contributed by atoms with Crippen LogP contribution >= 0.6 is 0 Å². The number of aliphatic carboxylic acids is 1. The van der Waals surface area contributed by atoms with E-state index >= 15 is 0 Å². The molecule has 0 aromatic carbocycles. The Kier molecular flexibility index (Phi) is 75.7. The maximum absolute atomic E-state index is 13.0. The van der Waals surface area contributed by atoms with Crippen LogP contribution in [-0.2, 0) is 33.3 Å². The second-order valence-electron chi connectivity index (χ2n) is 30.5. The monoisotopic (exact) mass is 1340 g/mol. The molecular formula is C86H166NO8+. The Morgan fingerprint density at radius 1 is 0.316 bits per heavy atom. The number of nitrogens with zero attached hydrogens (tertiary/aromatic N) is 1. The molecule has 0 aliphatic rings. The van der Waals surface area contributed by atoms with Crippen LogP contribution < -0.4 is 0 Å². The van der Waals surface area contributed by atoms with Crippen molar-refractivity contribution in [3.63, 3.8) is 0 Å². The van der Waals surface area contributed by atoms with Crippen molar-refractivity contribution in [1.29, 1.82) is 0 Å². The molecule has 95 heavy (non-hydrogen) atoms. The number of carboxylic acids is 1. The number of carbonyl (C=O) groups excluding carboxylic acids is 2. The third-order valence-corrected chi connectivity index (χ3v) is 19.7. The predicted octanol–water partition coefficient (Wildman–Crippen LogP) is 27.3. The lowest BCUT2D eigenvalue weighted by atomic mass is 10.0. The van der Waals surface area contributed by atoms with Gasteiger partial charge >= 0.3 is 17.9 Å². The maximum Gasteiger partial charge on any atom is 0.361 e. The number of carboxylic acid groups (broad SMARTS) is 1. The molecule has 0 heterocycles.